The van der Waals surface area contributed by atoms with Crippen LogP contribution in [0.2, 0.25) is 5.02 Å². The number of carbonyl (C=O) groups is 3. The number of benzene rings is 1. The Morgan fingerprint density at radius 2 is 1.73 bits per heavy atom. The van der Waals surface area contributed by atoms with Crippen LogP contribution in [0.1, 0.15) is 0 Å². The molecule has 3 aromatic rings. The lowest BCUT2D eigenvalue weighted by atomic mass is 10.2. The van der Waals surface area contributed by atoms with Crippen molar-refractivity contribution in [2.45, 2.75) is 0 Å². The molecule has 3 N–H and O–H groups in total. The summed E-state index contributed by atoms with van der Waals surface area (Å²) in [6, 6.07) is 11.2. The van der Waals surface area contributed by atoms with Gasteiger partial charge in [0, 0.05) is 24.5 Å². The van der Waals surface area contributed by atoms with Crippen LogP contribution in [0.3, 0.4) is 0 Å². The molecule has 2 heterocycles. The van der Waals surface area contributed by atoms with E-state index in [4.69, 9.17) is 11.6 Å². The molecule has 2 amide bonds. The Hall–Kier alpha value is -4.05. The lowest BCUT2D eigenvalue weighted by Crippen LogP contribution is -2.21. The van der Waals surface area contributed by atoms with Crippen LogP contribution in [0.15, 0.2) is 65.7 Å². The molecule has 1 aromatic carbocycles. The van der Waals surface area contributed by atoms with E-state index < -0.39 is 41.4 Å². The molecule has 1 aliphatic carbocycles. The molecule has 33 heavy (non-hydrogen) atoms. The summed E-state index contributed by atoms with van der Waals surface area (Å²) >= 11 is 5.74. The Morgan fingerprint density at radius 3 is 2.33 bits per heavy atom. The second-order valence-electron chi connectivity index (χ2n) is 7.33. The summed E-state index contributed by atoms with van der Waals surface area (Å²) in [6.45, 7) is 0. The zero-order valence-corrected chi connectivity index (χ0v) is 17.5. The Bertz CT molecular complexity index is 1310. The molecule has 0 radical (unpaired) electrons. The first-order chi connectivity index (χ1) is 15.8. The monoisotopic (exact) mass is 470 g/mol. The largest absolute Gasteiger partial charge is 0.481 e. The van der Waals surface area contributed by atoms with E-state index in [9.17, 15) is 28.7 Å². The molecule has 0 bridgehead atoms. The van der Waals surface area contributed by atoms with E-state index in [1.54, 1.807) is 12.1 Å². The fraction of sp³-hybridized carbons (Fsp3) is 0.136. The molecule has 11 heteroatoms. The van der Waals surface area contributed by atoms with Gasteiger partial charge in [0.2, 0.25) is 11.8 Å². The number of rotatable bonds is 6. The number of nitrogens with one attached hydrogen (secondary N) is 2. The SMILES string of the molecule is O=C(O)[C@@H]1[C@@H](C(=O)Nc2ccc(-n3ccccc3=O)cc2F)[C@H]1C(=O)Nc1ccc(Cl)cn1. The van der Waals surface area contributed by atoms with Gasteiger partial charge in [0.1, 0.15) is 11.6 Å². The molecular formula is C22H16ClFN4O5. The van der Waals surface area contributed by atoms with Gasteiger partial charge in [-0.05, 0) is 30.3 Å². The van der Waals surface area contributed by atoms with Crippen LogP contribution in [0.25, 0.3) is 5.69 Å². The second kappa shape index (κ2) is 8.83. The van der Waals surface area contributed by atoms with Crippen molar-refractivity contribution in [3.8, 4) is 5.69 Å². The zero-order chi connectivity index (χ0) is 23.7. The van der Waals surface area contributed by atoms with Gasteiger partial charge in [-0.25, -0.2) is 9.37 Å². The number of carbonyl (C=O) groups excluding carboxylic acids is 2. The number of aromatic nitrogens is 2. The van der Waals surface area contributed by atoms with Crippen LogP contribution < -0.4 is 16.2 Å². The Balaban J connectivity index is 1.48. The first kappa shape index (κ1) is 22.2. The highest BCUT2D eigenvalue weighted by Crippen LogP contribution is 2.48. The molecule has 3 atom stereocenters. The van der Waals surface area contributed by atoms with E-state index in [1.807, 2.05) is 0 Å². The maximum absolute atomic E-state index is 14.6. The van der Waals surface area contributed by atoms with E-state index in [0.717, 1.165) is 6.07 Å². The molecule has 1 saturated carbocycles. The zero-order valence-electron chi connectivity index (χ0n) is 16.7. The Morgan fingerprint density at radius 1 is 1.00 bits per heavy atom. The molecule has 9 nitrogen and oxygen atoms in total. The van der Waals surface area contributed by atoms with Crippen LogP contribution in [-0.2, 0) is 14.4 Å². The van der Waals surface area contributed by atoms with Crippen molar-refractivity contribution in [2.75, 3.05) is 10.6 Å². The van der Waals surface area contributed by atoms with Crippen molar-refractivity contribution in [3.05, 3.63) is 82.1 Å². The molecule has 0 spiro atoms. The summed E-state index contributed by atoms with van der Waals surface area (Å²) in [6.07, 6.45) is 2.77. The normalized spacial score (nSPS) is 18.9. The molecule has 1 aliphatic rings. The summed E-state index contributed by atoms with van der Waals surface area (Å²) in [4.78, 5) is 52.5. The summed E-state index contributed by atoms with van der Waals surface area (Å²) in [7, 11) is 0. The number of aliphatic carboxylic acids is 1. The maximum Gasteiger partial charge on any atom is 0.308 e. The Kier molecular flexibility index (Phi) is 5.93. The van der Waals surface area contributed by atoms with Crippen LogP contribution in [0, 0.1) is 23.6 Å². The van der Waals surface area contributed by atoms with E-state index in [2.05, 4.69) is 15.6 Å². The molecule has 0 aliphatic heterocycles. The van der Waals surface area contributed by atoms with E-state index in [-0.39, 0.29) is 22.8 Å². The number of carboxylic acids is 1. The highest BCUT2D eigenvalue weighted by Gasteiger charge is 2.63. The van der Waals surface area contributed by atoms with Crippen molar-refractivity contribution in [1.29, 1.82) is 0 Å². The third kappa shape index (κ3) is 4.60. The van der Waals surface area contributed by atoms with Crippen molar-refractivity contribution in [3.63, 3.8) is 0 Å². The van der Waals surface area contributed by atoms with Gasteiger partial charge in [0.25, 0.3) is 5.56 Å². The van der Waals surface area contributed by atoms with E-state index >= 15 is 0 Å². The molecule has 2 aromatic heterocycles. The van der Waals surface area contributed by atoms with Crippen LogP contribution in [-0.4, -0.2) is 32.4 Å². The van der Waals surface area contributed by atoms with Crippen molar-refractivity contribution in [1.82, 2.24) is 9.55 Å². The van der Waals surface area contributed by atoms with Crippen LogP contribution >= 0.6 is 11.6 Å². The lowest BCUT2D eigenvalue weighted by Gasteiger charge is -2.10. The van der Waals surface area contributed by atoms with Gasteiger partial charge < -0.3 is 15.7 Å². The van der Waals surface area contributed by atoms with Gasteiger partial charge in [-0.3, -0.25) is 23.7 Å². The van der Waals surface area contributed by atoms with Gasteiger partial charge in [-0.1, -0.05) is 17.7 Å². The third-order valence-corrected chi connectivity index (χ3v) is 5.42. The first-order valence-corrected chi connectivity index (χ1v) is 10.1. The minimum absolute atomic E-state index is 0.150. The smallest absolute Gasteiger partial charge is 0.308 e. The van der Waals surface area contributed by atoms with Crippen LogP contribution in [0.4, 0.5) is 15.9 Å². The fourth-order valence-electron chi connectivity index (χ4n) is 3.54. The van der Waals surface area contributed by atoms with Gasteiger partial charge in [-0.15, -0.1) is 0 Å². The van der Waals surface area contributed by atoms with Gasteiger partial charge in [0.15, 0.2) is 0 Å². The lowest BCUT2D eigenvalue weighted by molar-refractivity contribution is -0.140. The number of amides is 2. The maximum atomic E-state index is 14.6. The summed E-state index contributed by atoms with van der Waals surface area (Å²) in [5, 5.41) is 14.5. The fourth-order valence-corrected chi connectivity index (χ4v) is 3.65. The molecule has 4 rings (SSSR count). The second-order valence-corrected chi connectivity index (χ2v) is 7.77. The number of nitrogens with zero attached hydrogens (tertiary/aromatic N) is 2. The average Bonchev–Trinajstić information content (AvgIpc) is 3.54. The predicted molar refractivity (Wildman–Crippen MR) is 117 cm³/mol. The topological polar surface area (TPSA) is 130 Å². The molecule has 0 saturated heterocycles. The quantitative estimate of drug-likeness (QED) is 0.507. The van der Waals surface area contributed by atoms with Gasteiger partial charge >= 0.3 is 5.97 Å². The molecular weight excluding hydrogens is 455 g/mol. The number of halogens is 2. The number of hydrogen-bond acceptors (Lipinski definition) is 5. The molecule has 0 unspecified atom stereocenters. The van der Waals surface area contributed by atoms with E-state index in [0.29, 0.717) is 5.02 Å². The highest BCUT2D eigenvalue weighted by atomic mass is 35.5. The third-order valence-electron chi connectivity index (χ3n) is 5.20. The Labute approximate surface area is 190 Å². The predicted octanol–water partition coefficient (Wildman–Crippen LogP) is 2.55. The van der Waals surface area contributed by atoms with Crippen molar-refractivity contribution < 1.29 is 23.9 Å². The summed E-state index contributed by atoms with van der Waals surface area (Å²) in [5.41, 5.74) is -0.319. The van der Waals surface area contributed by atoms with Gasteiger partial charge in [0.05, 0.1) is 34.2 Å². The van der Waals surface area contributed by atoms with Crippen molar-refractivity contribution >= 4 is 40.9 Å². The van der Waals surface area contributed by atoms with Gasteiger partial charge in [-0.2, -0.15) is 0 Å². The standard InChI is InChI=1S/C22H16ClFN4O5/c23-11-4-7-15(25-10-11)27-21(31)18-17(19(18)22(32)33)20(30)26-14-6-5-12(9-13(14)24)28-8-2-1-3-16(28)29/h1-10,17-19H,(H,26,30)(H,32,33)(H,25,27,31)/t17-,18+,19+/m0/s1. The van der Waals surface area contributed by atoms with Crippen molar-refractivity contribution in [2.24, 2.45) is 17.8 Å². The average molecular weight is 471 g/mol. The minimum atomic E-state index is -1.32. The first-order valence-electron chi connectivity index (χ1n) is 9.70. The summed E-state index contributed by atoms with van der Waals surface area (Å²) in [5.74, 6) is -7.10. The molecule has 1 fully saturated rings. The molecule has 168 valence electrons. The number of hydrogen-bond donors (Lipinski definition) is 3. The summed E-state index contributed by atoms with van der Waals surface area (Å²) < 4.78 is 15.8. The number of carboxylic acid groups (broad SMARTS) is 1. The van der Waals surface area contributed by atoms with Crippen LogP contribution in [0.5, 0.6) is 0 Å². The number of anilines is 2. The minimum Gasteiger partial charge on any atom is -0.481 e. The highest BCUT2D eigenvalue weighted by molar-refractivity contribution is 6.30. The van der Waals surface area contributed by atoms with E-state index in [1.165, 1.54) is 47.3 Å². The number of pyridine rings is 2.